The molecule has 1 rings (SSSR count). The molecule has 0 spiro atoms. The maximum absolute atomic E-state index is 6.09. The fourth-order valence-corrected chi connectivity index (χ4v) is 4.39. The van der Waals surface area contributed by atoms with Gasteiger partial charge in [-0.3, -0.25) is 0 Å². The van der Waals surface area contributed by atoms with Crippen LogP contribution in [-0.2, 0) is 4.43 Å². The topological polar surface area (TPSA) is 22.4 Å². The lowest BCUT2D eigenvalue weighted by atomic mass is 10.4. The summed E-state index contributed by atoms with van der Waals surface area (Å²) in [6.07, 6.45) is 5.70. The Morgan fingerprint density at radius 3 is 2.44 bits per heavy atom. The van der Waals surface area contributed by atoms with Crippen LogP contribution in [0.25, 0.3) is 6.08 Å². The van der Waals surface area contributed by atoms with E-state index in [9.17, 15) is 0 Å². The molecule has 3 heteroatoms. The molecule has 90 valence electrons. The second-order valence-corrected chi connectivity index (χ2v) is 8.75. The molecule has 0 N–H and O–H groups in total. The van der Waals surface area contributed by atoms with Gasteiger partial charge in [0.05, 0.1) is 12.9 Å². The van der Waals surface area contributed by atoms with Crippen molar-refractivity contribution in [3.05, 3.63) is 30.2 Å². The van der Waals surface area contributed by atoms with E-state index < -0.39 is 8.32 Å². The zero-order valence-electron chi connectivity index (χ0n) is 10.5. The van der Waals surface area contributed by atoms with Crippen LogP contribution in [-0.4, -0.2) is 14.9 Å². The minimum atomic E-state index is -1.42. The molecular formula is C13H22O2Si. The molecule has 1 heterocycles. The lowest BCUT2D eigenvalue weighted by molar-refractivity contribution is 0.343. The maximum atomic E-state index is 6.09. The highest BCUT2D eigenvalue weighted by atomic mass is 28.4. The van der Waals surface area contributed by atoms with E-state index in [1.807, 2.05) is 24.3 Å². The third-order valence-corrected chi connectivity index (χ3v) is 7.89. The lowest BCUT2D eigenvalue weighted by Crippen LogP contribution is -2.35. The van der Waals surface area contributed by atoms with Crippen molar-refractivity contribution >= 4 is 14.4 Å². The molecule has 0 saturated carbocycles. The Balaban J connectivity index is 2.39. The van der Waals surface area contributed by atoms with Gasteiger partial charge in [0.1, 0.15) is 5.76 Å². The van der Waals surface area contributed by atoms with Crippen molar-refractivity contribution in [1.29, 1.82) is 0 Å². The summed E-state index contributed by atoms with van der Waals surface area (Å²) in [6, 6.07) is 7.45. The van der Waals surface area contributed by atoms with Crippen LogP contribution in [0.2, 0.25) is 18.1 Å². The first-order valence-corrected chi connectivity index (χ1v) is 8.63. The summed E-state index contributed by atoms with van der Waals surface area (Å²) >= 11 is 0. The van der Waals surface area contributed by atoms with E-state index in [1.165, 1.54) is 18.1 Å². The molecule has 0 aliphatic heterocycles. The van der Waals surface area contributed by atoms with Crippen molar-refractivity contribution in [2.24, 2.45) is 0 Å². The van der Waals surface area contributed by atoms with Crippen LogP contribution < -0.4 is 0 Å². The smallest absolute Gasteiger partial charge is 0.192 e. The van der Waals surface area contributed by atoms with E-state index >= 15 is 0 Å². The van der Waals surface area contributed by atoms with Gasteiger partial charge in [0.2, 0.25) is 0 Å². The molecule has 2 nitrogen and oxygen atoms in total. The quantitative estimate of drug-likeness (QED) is 0.660. The van der Waals surface area contributed by atoms with Crippen molar-refractivity contribution in [2.45, 2.75) is 38.9 Å². The molecule has 0 amide bonds. The SMILES string of the molecule is CC[Si](CC)(CC)OCC=Cc1ccco1. The maximum Gasteiger partial charge on any atom is 0.192 e. The second kappa shape index (κ2) is 6.71. The van der Waals surface area contributed by atoms with Crippen molar-refractivity contribution in [3.63, 3.8) is 0 Å². The van der Waals surface area contributed by atoms with Gasteiger partial charge in [-0.2, -0.15) is 0 Å². The van der Waals surface area contributed by atoms with Crippen LogP contribution in [0.15, 0.2) is 28.9 Å². The average Bonchev–Trinajstić information content (AvgIpc) is 2.83. The standard InChI is InChI=1S/C13H22O2Si/c1-4-16(5-2,6-3)15-12-8-10-13-9-7-11-14-13/h7-11H,4-6,12H2,1-3H3. The van der Waals surface area contributed by atoms with E-state index in [0.717, 1.165) is 5.76 Å². The van der Waals surface area contributed by atoms with Gasteiger partial charge in [0, 0.05) is 0 Å². The Labute approximate surface area is 99.4 Å². The average molecular weight is 238 g/mol. The van der Waals surface area contributed by atoms with Gasteiger partial charge in [-0.05, 0) is 36.3 Å². The summed E-state index contributed by atoms with van der Waals surface area (Å²) in [5.74, 6) is 0.889. The molecule has 0 aromatic carbocycles. The third-order valence-electron chi connectivity index (χ3n) is 3.24. The first kappa shape index (κ1) is 13.3. The Bertz CT molecular complexity index is 291. The summed E-state index contributed by atoms with van der Waals surface area (Å²) in [5.41, 5.74) is 0. The third kappa shape index (κ3) is 3.65. The highest BCUT2D eigenvalue weighted by molar-refractivity contribution is 6.73. The predicted molar refractivity (Wildman–Crippen MR) is 70.9 cm³/mol. The number of rotatable bonds is 7. The van der Waals surface area contributed by atoms with Crippen LogP contribution in [0.4, 0.5) is 0 Å². The summed E-state index contributed by atoms with van der Waals surface area (Å²) in [5, 5.41) is 0. The van der Waals surface area contributed by atoms with Crippen LogP contribution in [0.1, 0.15) is 26.5 Å². The van der Waals surface area contributed by atoms with Crippen molar-refractivity contribution in [3.8, 4) is 0 Å². The van der Waals surface area contributed by atoms with Gasteiger partial charge in [0.25, 0.3) is 0 Å². The highest BCUT2D eigenvalue weighted by Gasteiger charge is 2.27. The number of hydrogen-bond donors (Lipinski definition) is 0. The van der Waals surface area contributed by atoms with Crippen LogP contribution in [0.3, 0.4) is 0 Å². The molecule has 0 radical (unpaired) electrons. The predicted octanol–water partition coefficient (Wildman–Crippen LogP) is 4.31. The fraction of sp³-hybridized carbons (Fsp3) is 0.538. The largest absolute Gasteiger partial charge is 0.465 e. The van der Waals surface area contributed by atoms with Crippen LogP contribution in [0.5, 0.6) is 0 Å². The van der Waals surface area contributed by atoms with E-state index in [1.54, 1.807) is 6.26 Å². The van der Waals surface area contributed by atoms with Crippen LogP contribution >= 0.6 is 0 Å². The van der Waals surface area contributed by atoms with Crippen molar-refractivity contribution in [1.82, 2.24) is 0 Å². The van der Waals surface area contributed by atoms with E-state index in [0.29, 0.717) is 6.61 Å². The second-order valence-electron chi connectivity index (χ2n) is 3.97. The first-order valence-electron chi connectivity index (χ1n) is 6.10. The zero-order valence-corrected chi connectivity index (χ0v) is 11.5. The lowest BCUT2D eigenvalue weighted by Gasteiger charge is -2.27. The van der Waals surface area contributed by atoms with Crippen LogP contribution in [0, 0.1) is 0 Å². The monoisotopic (exact) mass is 238 g/mol. The molecule has 0 aliphatic rings. The minimum Gasteiger partial charge on any atom is -0.465 e. The molecule has 0 bridgehead atoms. The minimum absolute atomic E-state index is 0.711. The van der Waals surface area contributed by atoms with E-state index in [-0.39, 0.29) is 0 Å². The summed E-state index contributed by atoms with van der Waals surface area (Å²) in [7, 11) is -1.42. The van der Waals surface area contributed by atoms with Gasteiger partial charge >= 0.3 is 0 Å². The van der Waals surface area contributed by atoms with Gasteiger partial charge in [0.15, 0.2) is 8.32 Å². The van der Waals surface area contributed by atoms with Crippen molar-refractivity contribution in [2.75, 3.05) is 6.61 Å². The van der Waals surface area contributed by atoms with Gasteiger partial charge in [-0.25, -0.2) is 0 Å². The number of hydrogen-bond acceptors (Lipinski definition) is 2. The summed E-state index contributed by atoms with van der Waals surface area (Å²) < 4.78 is 11.3. The first-order chi connectivity index (χ1) is 7.76. The Kier molecular flexibility index (Phi) is 5.56. The molecule has 0 atom stereocenters. The molecule has 1 aromatic rings. The molecule has 0 fully saturated rings. The van der Waals surface area contributed by atoms with E-state index in [4.69, 9.17) is 8.84 Å². The number of furan rings is 1. The fourth-order valence-electron chi connectivity index (χ4n) is 1.83. The Hall–Kier alpha value is -0.803. The van der Waals surface area contributed by atoms with Gasteiger partial charge in [-0.15, -0.1) is 0 Å². The summed E-state index contributed by atoms with van der Waals surface area (Å²) in [6.45, 7) is 7.45. The molecule has 0 saturated heterocycles. The molecule has 0 unspecified atom stereocenters. The molecule has 1 aromatic heterocycles. The molecule has 16 heavy (non-hydrogen) atoms. The Morgan fingerprint density at radius 1 is 1.25 bits per heavy atom. The van der Waals surface area contributed by atoms with Crippen molar-refractivity contribution < 1.29 is 8.84 Å². The zero-order chi connectivity index (χ0) is 11.9. The van der Waals surface area contributed by atoms with Gasteiger partial charge < -0.3 is 8.84 Å². The highest BCUT2D eigenvalue weighted by Crippen LogP contribution is 2.21. The summed E-state index contributed by atoms with van der Waals surface area (Å²) in [4.78, 5) is 0. The molecule has 0 aliphatic carbocycles. The van der Waals surface area contributed by atoms with E-state index in [2.05, 4.69) is 20.8 Å². The Morgan fingerprint density at radius 2 is 1.94 bits per heavy atom. The normalized spacial score (nSPS) is 12.4. The molecular weight excluding hydrogens is 216 g/mol. The van der Waals surface area contributed by atoms with Gasteiger partial charge in [-0.1, -0.05) is 26.8 Å².